The van der Waals surface area contributed by atoms with Crippen molar-refractivity contribution in [1.82, 2.24) is 9.88 Å². The van der Waals surface area contributed by atoms with Crippen LogP contribution in [0.4, 0.5) is 5.82 Å². The number of pyridine rings is 1. The van der Waals surface area contributed by atoms with Gasteiger partial charge in [0.2, 0.25) is 0 Å². The van der Waals surface area contributed by atoms with Crippen molar-refractivity contribution in [2.45, 2.75) is 33.7 Å². The molecule has 1 aromatic rings. The van der Waals surface area contributed by atoms with Gasteiger partial charge in [-0.25, -0.2) is 4.98 Å². The summed E-state index contributed by atoms with van der Waals surface area (Å²) >= 11 is 0. The second kappa shape index (κ2) is 9.12. The molecule has 4 heteroatoms. The van der Waals surface area contributed by atoms with Gasteiger partial charge in [0, 0.05) is 31.4 Å². The maximum Gasteiger partial charge on any atom is 0.144 e. The molecule has 1 N–H and O–H groups in total. The van der Waals surface area contributed by atoms with E-state index in [1.54, 1.807) is 0 Å². The van der Waals surface area contributed by atoms with Crippen LogP contribution in [0.25, 0.3) is 0 Å². The van der Waals surface area contributed by atoms with Gasteiger partial charge < -0.3 is 5.32 Å². The SMILES string of the molecule is C=CCN(CC=C)C(CNc1nc(C)cc(C)c1C#N)C(C)C. The Hall–Kier alpha value is -2.12. The number of aryl methyl sites for hydroxylation is 2. The highest BCUT2D eigenvalue weighted by molar-refractivity contribution is 5.56. The summed E-state index contributed by atoms with van der Waals surface area (Å²) in [7, 11) is 0. The third-order valence-corrected chi connectivity index (χ3v) is 3.90. The van der Waals surface area contributed by atoms with Crippen molar-refractivity contribution in [3.05, 3.63) is 48.2 Å². The van der Waals surface area contributed by atoms with Gasteiger partial charge in [-0.3, -0.25) is 4.90 Å². The van der Waals surface area contributed by atoms with Crippen molar-refractivity contribution in [1.29, 1.82) is 5.26 Å². The Morgan fingerprint density at radius 3 is 2.39 bits per heavy atom. The smallest absolute Gasteiger partial charge is 0.144 e. The molecule has 0 aliphatic rings. The van der Waals surface area contributed by atoms with Crippen LogP contribution in [0.5, 0.6) is 0 Å². The van der Waals surface area contributed by atoms with Crippen LogP contribution in [0, 0.1) is 31.1 Å². The van der Waals surface area contributed by atoms with E-state index in [4.69, 9.17) is 0 Å². The van der Waals surface area contributed by atoms with E-state index in [2.05, 4.69) is 48.3 Å². The fraction of sp³-hybridized carbons (Fsp3) is 0.474. The molecule has 0 radical (unpaired) electrons. The van der Waals surface area contributed by atoms with Gasteiger partial charge in [0.15, 0.2) is 0 Å². The topological polar surface area (TPSA) is 52.0 Å². The number of nitrogens with zero attached hydrogens (tertiary/aromatic N) is 3. The Bertz CT molecular complexity index is 574. The lowest BCUT2D eigenvalue weighted by Crippen LogP contribution is -2.44. The molecule has 0 saturated carbocycles. The summed E-state index contributed by atoms with van der Waals surface area (Å²) in [4.78, 5) is 6.82. The molecular weight excluding hydrogens is 284 g/mol. The number of hydrogen-bond donors (Lipinski definition) is 1. The summed E-state index contributed by atoms with van der Waals surface area (Å²) in [6.45, 7) is 18.3. The number of anilines is 1. The minimum absolute atomic E-state index is 0.306. The molecule has 124 valence electrons. The van der Waals surface area contributed by atoms with Crippen molar-refractivity contribution < 1.29 is 0 Å². The maximum absolute atomic E-state index is 9.38. The van der Waals surface area contributed by atoms with Crippen LogP contribution in [-0.4, -0.2) is 35.6 Å². The lowest BCUT2D eigenvalue weighted by atomic mass is 10.0. The van der Waals surface area contributed by atoms with Crippen LogP contribution in [0.1, 0.15) is 30.7 Å². The van der Waals surface area contributed by atoms with Crippen molar-refractivity contribution in [3.8, 4) is 6.07 Å². The van der Waals surface area contributed by atoms with E-state index in [-0.39, 0.29) is 0 Å². The fourth-order valence-electron chi connectivity index (χ4n) is 2.77. The average molecular weight is 312 g/mol. The van der Waals surface area contributed by atoms with Gasteiger partial charge in [0.05, 0.1) is 5.56 Å². The molecule has 4 nitrogen and oxygen atoms in total. The van der Waals surface area contributed by atoms with Crippen molar-refractivity contribution in [3.63, 3.8) is 0 Å². The highest BCUT2D eigenvalue weighted by Gasteiger charge is 2.21. The molecule has 0 fully saturated rings. The molecule has 0 aliphatic heterocycles. The zero-order valence-electron chi connectivity index (χ0n) is 14.8. The Balaban J connectivity index is 2.97. The molecule has 0 aromatic carbocycles. The van der Waals surface area contributed by atoms with Crippen LogP contribution in [0.15, 0.2) is 31.4 Å². The summed E-state index contributed by atoms with van der Waals surface area (Å²) in [6, 6.07) is 4.49. The third kappa shape index (κ3) is 5.22. The van der Waals surface area contributed by atoms with Gasteiger partial charge in [-0.15, -0.1) is 13.2 Å². The second-order valence-electron chi connectivity index (χ2n) is 6.14. The van der Waals surface area contributed by atoms with Crippen LogP contribution in [-0.2, 0) is 0 Å². The molecule has 1 heterocycles. The molecule has 1 aromatic heterocycles. The van der Waals surface area contributed by atoms with Gasteiger partial charge in [0.25, 0.3) is 0 Å². The molecule has 1 atom stereocenters. The Morgan fingerprint density at radius 1 is 1.30 bits per heavy atom. The highest BCUT2D eigenvalue weighted by Crippen LogP contribution is 2.19. The first-order valence-corrected chi connectivity index (χ1v) is 8.02. The zero-order chi connectivity index (χ0) is 17.4. The predicted octanol–water partition coefficient (Wildman–Crippen LogP) is 3.68. The summed E-state index contributed by atoms with van der Waals surface area (Å²) in [5.41, 5.74) is 2.49. The molecule has 0 spiro atoms. The fourth-order valence-corrected chi connectivity index (χ4v) is 2.77. The maximum atomic E-state index is 9.38. The standard InChI is InChI=1S/C19H28N4/c1-7-9-23(10-8-2)18(14(3)4)13-21-19-17(12-20)15(5)11-16(6)22-19/h7-8,11,14,18H,1-2,9-10,13H2,3-6H3,(H,21,22). The van der Waals surface area contributed by atoms with Crippen LogP contribution in [0.2, 0.25) is 0 Å². The molecular formula is C19H28N4. The minimum Gasteiger partial charge on any atom is -0.367 e. The first kappa shape index (κ1) is 18.9. The van der Waals surface area contributed by atoms with Crippen molar-refractivity contribution in [2.24, 2.45) is 5.92 Å². The van der Waals surface area contributed by atoms with Crippen LogP contribution in [0.3, 0.4) is 0 Å². The molecule has 1 rings (SSSR count). The van der Waals surface area contributed by atoms with Crippen LogP contribution < -0.4 is 5.32 Å². The number of aromatic nitrogens is 1. The van der Waals surface area contributed by atoms with E-state index in [1.807, 2.05) is 32.1 Å². The molecule has 23 heavy (non-hydrogen) atoms. The van der Waals surface area contributed by atoms with Gasteiger partial charge in [-0.2, -0.15) is 5.26 Å². The lowest BCUT2D eigenvalue weighted by molar-refractivity contribution is 0.199. The monoisotopic (exact) mass is 312 g/mol. The third-order valence-electron chi connectivity index (χ3n) is 3.90. The van der Waals surface area contributed by atoms with E-state index >= 15 is 0 Å². The number of nitrogens with one attached hydrogen (secondary N) is 1. The molecule has 1 unspecified atom stereocenters. The van der Waals surface area contributed by atoms with E-state index in [0.717, 1.165) is 30.9 Å². The minimum atomic E-state index is 0.306. The first-order chi connectivity index (χ1) is 10.9. The number of hydrogen-bond acceptors (Lipinski definition) is 4. The van der Waals surface area contributed by atoms with E-state index in [1.165, 1.54) is 0 Å². The Kier molecular flexibility index (Phi) is 7.50. The van der Waals surface area contributed by atoms with Gasteiger partial charge in [-0.05, 0) is 31.4 Å². The average Bonchev–Trinajstić information content (AvgIpc) is 2.47. The molecule has 0 bridgehead atoms. The predicted molar refractivity (Wildman–Crippen MR) is 97.5 cm³/mol. The van der Waals surface area contributed by atoms with Gasteiger partial charge >= 0.3 is 0 Å². The highest BCUT2D eigenvalue weighted by atomic mass is 15.2. The van der Waals surface area contributed by atoms with Crippen LogP contribution >= 0.6 is 0 Å². The van der Waals surface area contributed by atoms with Crippen molar-refractivity contribution in [2.75, 3.05) is 25.0 Å². The Morgan fingerprint density at radius 2 is 1.91 bits per heavy atom. The largest absolute Gasteiger partial charge is 0.367 e. The molecule has 0 amide bonds. The Labute approximate surface area is 140 Å². The van der Waals surface area contributed by atoms with E-state index < -0.39 is 0 Å². The van der Waals surface area contributed by atoms with Crippen molar-refractivity contribution >= 4 is 5.82 Å². The number of nitriles is 1. The number of rotatable bonds is 9. The normalized spacial score (nSPS) is 12.0. The second-order valence-corrected chi connectivity index (χ2v) is 6.14. The van der Waals surface area contributed by atoms with E-state index in [9.17, 15) is 5.26 Å². The molecule has 0 aliphatic carbocycles. The zero-order valence-corrected chi connectivity index (χ0v) is 14.8. The summed E-state index contributed by atoms with van der Waals surface area (Å²) in [5, 5.41) is 12.8. The summed E-state index contributed by atoms with van der Waals surface area (Å²) in [5.74, 6) is 1.13. The van der Waals surface area contributed by atoms with Gasteiger partial charge in [0.1, 0.15) is 11.9 Å². The van der Waals surface area contributed by atoms with Gasteiger partial charge in [-0.1, -0.05) is 26.0 Å². The van der Waals surface area contributed by atoms with E-state index in [0.29, 0.717) is 23.3 Å². The summed E-state index contributed by atoms with van der Waals surface area (Å²) in [6.07, 6.45) is 3.82. The molecule has 0 saturated heterocycles. The lowest BCUT2D eigenvalue weighted by Gasteiger charge is -2.33. The first-order valence-electron chi connectivity index (χ1n) is 8.02. The quantitative estimate of drug-likeness (QED) is 0.707. The summed E-state index contributed by atoms with van der Waals surface area (Å²) < 4.78 is 0.